The second kappa shape index (κ2) is 11.8. The molecule has 0 aliphatic heterocycles. The van der Waals surface area contributed by atoms with Gasteiger partial charge in [0.25, 0.3) is 0 Å². The van der Waals surface area contributed by atoms with Gasteiger partial charge in [-0.05, 0) is 190 Å². The van der Waals surface area contributed by atoms with Gasteiger partial charge >= 0.3 is 11.9 Å². The van der Waals surface area contributed by atoms with Crippen molar-refractivity contribution >= 4 is 89.8 Å². The van der Waals surface area contributed by atoms with Crippen LogP contribution in [0.1, 0.15) is 111 Å². The molecule has 0 N–H and O–H groups in total. The molecule has 6 saturated carbocycles. The number of hydrogen-bond donors (Lipinski definition) is 0. The summed E-state index contributed by atoms with van der Waals surface area (Å²) in [4.78, 5) is 27.8. The molecule has 0 radical (unpaired) electrons. The summed E-state index contributed by atoms with van der Waals surface area (Å²) in [5.74, 6) is 0.817. The van der Waals surface area contributed by atoms with E-state index >= 15 is 0 Å². The third-order valence-corrected chi connectivity index (χ3v) is 15.9. The molecule has 6 bridgehead atoms. The van der Waals surface area contributed by atoms with E-state index in [-0.39, 0.29) is 40.5 Å². The van der Waals surface area contributed by atoms with E-state index in [0.29, 0.717) is 53.5 Å². The van der Waals surface area contributed by atoms with Crippen molar-refractivity contribution in [1.29, 1.82) is 0 Å². The number of halogens is 3. The van der Waals surface area contributed by atoms with E-state index in [2.05, 4.69) is 67.8 Å². The third-order valence-electron chi connectivity index (χ3n) is 11.3. The molecule has 5 unspecified atom stereocenters. The van der Waals surface area contributed by atoms with Gasteiger partial charge in [0.15, 0.2) is 0 Å². The molecule has 6 aliphatic rings. The first-order valence-electron chi connectivity index (χ1n) is 15.9. The molecular formula is C34H36I3O7S-. The Morgan fingerprint density at radius 1 is 0.933 bits per heavy atom. The average molecular weight is 969 g/mol. The lowest BCUT2D eigenvalue weighted by Crippen LogP contribution is -2.60. The highest BCUT2D eigenvalue weighted by Crippen LogP contribution is 2.63. The summed E-state index contributed by atoms with van der Waals surface area (Å²) < 4.78 is 53.5. The summed E-state index contributed by atoms with van der Waals surface area (Å²) in [6.45, 7) is 3.74. The molecule has 0 amide bonds. The molecule has 7 nitrogen and oxygen atoms in total. The van der Waals surface area contributed by atoms with Crippen molar-refractivity contribution in [2.75, 3.05) is 0 Å². The van der Waals surface area contributed by atoms with Crippen LogP contribution in [0.25, 0.3) is 0 Å². The number of hydrogen-bond acceptors (Lipinski definition) is 7. The molecule has 0 heterocycles. The first kappa shape index (κ1) is 33.0. The molecule has 2 aromatic carbocycles. The molecule has 242 valence electrons. The van der Waals surface area contributed by atoms with Crippen LogP contribution in [0.2, 0.25) is 0 Å². The smallest absolute Gasteiger partial charge is 0.339 e. The summed E-state index contributed by atoms with van der Waals surface area (Å²) in [7, 11) is -4.74. The minimum atomic E-state index is -4.74. The van der Waals surface area contributed by atoms with Crippen molar-refractivity contribution in [3.05, 3.63) is 51.7 Å². The lowest BCUT2D eigenvalue weighted by Gasteiger charge is -2.59. The second-order valence-corrected chi connectivity index (χ2v) is 19.6. The number of carbonyl (C=O) groups excluding carboxylic acids is 2. The highest BCUT2D eigenvalue weighted by atomic mass is 127. The van der Waals surface area contributed by atoms with E-state index in [4.69, 9.17) is 9.47 Å². The van der Waals surface area contributed by atoms with E-state index in [1.165, 1.54) is 0 Å². The zero-order valence-corrected chi connectivity index (χ0v) is 32.5. The van der Waals surface area contributed by atoms with Crippen molar-refractivity contribution in [1.82, 2.24) is 0 Å². The van der Waals surface area contributed by atoms with Gasteiger partial charge in [-0.1, -0.05) is 20.3 Å². The molecule has 0 aromatic heterocycles. The van der Waals surface area contributed by atoms with Crippen LogP contribution in [0.15, 0.2) is 29.2 Å². The van der Waals surface area contributed by atoms with Crippen LogP contribution in [-0.2, 0) is 19.6 Å². The Labute approximate surface area is 305 Å². The Bertz CT molecular complexity index is 1690. The van der Waals surface area contributed by atoms with Gasteiger partial charge in [-0.15, -0.1) is 0 Å². The van der Waals surface area contributed by atoms with Crippen LogP contribution in [0, 0.1) is 39.8 Å². The normalized spacial score (nSPS) is 33.2. The predicted molar refractivity (Wildman–Crippen MR) is 192 cm³/mol. The predicted octanol–water partition coefficient (Wildman–Crippen LogP) is 8.53. The molecule has 0 spiro atoms. The fourth-order valence-electron chi connectivity index (χ4n) is 10.0. The zero-order valence-electron chi connectivity index (χ0n) is 25.2. The molecule has 11 heteroatoms. The van der Waals surface area contributed by atoms with Crippen LogP contribution in [0.5, 0.6) is 5.75 Å². The van der Waals surface area contributed by atoms with Crippen LogP contribution < -0.4 is 4.74 Å². The summed E-state index contributed by atoms with van der Waals surface area (Å²) >= 11 is 6.65. The van der Waals surface area contributed by atoms with Crippen LogP contribution in [0.3, 0.4) is 0 Å². The summed E-state index contributed by atoms with van der Waals surface area (Å²) in [6.07, 6.45) is 8.44. The molecule has 6 aliphatic carbocycles. The Hall–Kier alpha value is -0.520. The third kappa shape index (κ3) is 6.02. The van der Waals surface area contributed by atoms with Gasteiger partial charge in [-0.2, -0.15) is 0 Å². The lowest BCUT2D eigenvalue weighted by atomic mass is 9.48. The van der Waals surface area contributed by atoms with Gasteiger partial charge in [0.2, 0.25) is 0 Å². The maximum Gasteiger partial charge on any atom is 0.339 e. The first-order chi connectivity index (χ1) is 21.2. The number of rotatable bonds is 7. The molecule has 0 saturated heterocycles. The average Bonchev–Trinajstić information content (AvgIpc) is 3.57. The van der Waals surface area contributed by atoms with E-state index in [1.807, 2.05) is 26.0 Å². The van der Waals surface area contributed by atoms with E-state index in [1.54, 1.807) is 12.1 Å². The fourth-order valence-corrected chi connectivity index (χ4v) is 13.5. The lowest BCUT2D eigenvalue weighted by molar-refractivity contribution is -0.189. The van der Waals surface area contributed by atoms with Crippen molar-refractivity contribution in [3.8, 4) is 5.75 Å². The standard InChI is InChI=1S/C34H37I3O7S/c1-17(2)24-10-23(11-26(30(24)45(40,41)42)25-7-18-3-4-21(25)6-18)43-32(39)33-12-19-5-20(13-33)15-34(14-19,16-33)44-31(38)27-8-22(35)9-28(36)29(27)37/h8-11,17-21,25H,3-7,12-16H2,1-2H3,(H,40,41,42)/p-1. The molecular weight excluding hydrogens is 933 g/mol. The zero-order chi connectivity index (χ0) is 32.1. The van der Waals surface area contributed by atoms with Gasteiger partial charge < -0.3 is 14.0 Å². The Morgan fingerprint density at radius 3 is 2.24 bits per heavy atom. The minimum absolute atomic E-state index is 0.0206. The molecule has 2 aromatic rings. The maximum absolute atomic E-state index is 14.3. The van der Waals surface area contributed by atoms with E-state index < -0.39 is 21.1 Å². The van der Waals surface area contributed by atoms with Crippen LogP contribution >= 0.6 is 67.8 Å². The van der Waals surface area contributed by atoms with Gasteiger partial charge in [-0.3, -0.25) is 4.79 Å². The maximum atomic E-state index is 14.3. The SMILES string of the molecule is CC(C)c1cc(OC(=O)C23CC4CC(CC(OC(=O)c5cc(I)cc(I)c5I)(C4)C2)C3)cc(C2CC3CCC2C3)c1S(=O)(=O)[O-]. The number of carbonyl (C=O) groups is 2. The molecule has 8 rings (SSSR count). The van der Waals surface area contributed by atoms with Crippen molar-refractivity contribution in [2.24, 2.45) is 29.1 Å². The number of esters is 2. The highest BCUT2D eigenvalue weighted by Gasteiger charge is 2.63. The van der Waals surface area contributed by atoms with Gasteiger partial charge in [-0.25, -0.2) is 13.2 Å². The first-order valence-corrected chi connectivity index (χ1v) is 20.5. The monoisotopic (exact) mass is 969 g/mol. The van der Waals surface area contributed by atoms with Crippen LogP contribution in [-0.4, -0.2) is 30.5 Å². The van der Waals surface area contributed by atoms with E-state index in [9.17, 15) is 22.6 Å². The number of fused-ring (bicyclic) bond motifs is 2. The van der Waals surface area contributed by atoms with Crippen molar-refractivity contribution < 1.29 is 32.0 Å². The number of ether oxygens (including phenoxy) is 2. The Kier molecular flexibility index (Phi) is 8.67. The number of benzene rings is 2. The largest absolute Gasteiger partial charge is 0.744 e. The van der Waals surface area contributed by atoms with Crippen molar-refractivity contribution in [3.63, 3.8) is 0 Å². The quantitative estimate of drug-likeness (QED) is 0.0900. The summed E-state index contributed by atoms with van der Waals surface area (Å²) in [6, 6.07) is 7.17. The fraction of sp³-hybridized carbons (Fsp3) is 0.588. The van der Waals surface area contributed by atoms with Crippen LogP contribution in [0.4, 0.5) is 0 Å². The van der Waals surface area contributed by atoms with Gasteiger partial charge in [0.05, 0.1) is 15.9 Å². The Balaban J connectivity index is 1.20. The van der Waals surface area contributed by atoms with E-state index in [0.717, 1.165) is 55.7 Å². The second-order valence-electron chi connectivity index (χ2n) is 14.8. The van der Waals surface area contributed by atoms with Gasteiger partial charge in [0.1, 0.15) is 21.5 Å². The minimum Gasteiger partial charge on any atom is -0.744 e. The van der Waals surface area contributed by atoms with Crippen molar-refractivity contribution in [2.45, 2.75) is 100 Å². The molecule has 45 heavy (non-hydrogen) atoms. The van der Waals surface area contributed by atoms with Gasteiger partial charge in [0, 0.05) is 17.1 Å². The summed E-state index contributed by atoms with van der Waals surface area (Å²) in [5.41, 5.74) is 0.0234. The molecule has 6 fully saturated rings. The summed E-state index contributed by atoms with van der Waals surface area (Å²) in [5, 5.41) is 0. The highest BCUT2D eigenvalue weighted by molar-refractivity contribution is 14.1. The Morgan fingerprint density at radius 2 is 1.64 bits per heavy atom. The molecule has 5 atom stereocenters. The topological polar surface area (TPSA) is 110 Å².